The fraction of sp³-hybridized carbons (Fsp3) is 0.385. The number of rotatable bonds is 2. The average Bonchev–Trinajstić information content (AvgIpc) is 2.31. The van der Waals surface area contributed by atoms with Crippen LogP contribution in [0.15, 0.2) is 24.3 Å². The molecular formula is C13H15IN2O2. The van der Waals surface area contributed by atoms with Gasteiger partial charge in [-0.05, 0) is 46.7 Å². The van der Waals surface area contributed by atoms with Crippen LogP contribution in [-0.4, -0.2) is 24.4 Å². The highest BCUT2D eigenvalue weighted by atomic mass is 127. The van der Waals surface area contributed by atoms with E-state index in [1.54, 1.807) is 4.90 Å². The highest BCUT2D eigenvalue weighted by Gasteiger charge is 2.35. The third kappa shape index (κ3) is 2.66. The van der Waals surface area contributed by atoms with Gasteiger partial charge in [0, 0.05) is 9.26 Å². The minimum atomic E-state index is -0.427. The van der Waals surface area contributed by atoms with Crippen molar-refractivity contribution in [1.82, 2.24) is 5.32 Å². The number of amides is 2. The van der Waals surface area contributed by atoms with Crippen molar-refractivity contribution in [3.05, 3.63) is 27.8 Å². The molecule has 2 amide bonds. The normalized spacial score (nSPS) is 20.2. The van der Waals surface area contributed by atoms with Gasteiger partial charge in [0.25, 0.3) is 0 Å². The van der Waals surface area contributed by atoms with Crippen molar-refractivity contribution in [1.29, 1.82) is 0 Å². The second-order valence-corrected chi connectivity index (χ2v) is 5.94. The smallest absolute Gasteiger partial charge is 0.250 e. The molecule has 1 heterocycles. The number of carbonyl (C=O) groups excluding carboxylic acids is 2. The second-order valence-electron chi connectivity index (χ2n) is 4.69. The van der Waals surface area contributed by atoms with Crippen LogP contribution in [0.2, 0.25) is 0 Å². The fourth-order valence-corrected chi connectivity index (χ4v) is 2.51. The van der Waals surface area contributed by atoms with Gasteiger partial charge in [-0.3, -0.25) is 9.59 Å². The van der Waals surface area contributed by atoms with E-state index >= 15 is 0 Å². The lowest BCUT2D eigenvalue weighted by molar-refractivity contribution is -0.132. The van der Waals surface area contributed by atoms with Gasteiger partial charge < -0.3 is 10.2 Å². The van der Waals surface area contributed by atoms with Crippen LogP contribution in [0.5, 0.6) is 0 Å². The molecule has 1 unspecified atom stereocenters. The predicted molar refractivity (Wildman–Crippen MR) is 78.3 cm³/mol. The predicted octanol–water partition coefficient (Wildman–Crippen LogP) is 1.78. The van der Waals surface area contributed by atoms with Crippen molar-refractivity contribution in [2.75, 3.05) is 11.4 Å². The molecule has 1 aromatic carbocycles. The van der Waals surface area contributed by atoms with Gasteiger partial charge >= 0.3 is 0 Å². The maximum absolute atomic E-state index is 12.3. The number of piperazine rings is 1. The number of anilines is 1. The summed E-state index contributed by atoms with van der Waals surface area (Å²) in [4.78, 5) is 25.6. The first-order valence-corrected chi connectivity index (χ1v) is 6.93. The molecule has 96 valence electrons. The number of halogens is 1. The lowest BCUT2D eigenvalue weighted by atomic mass is 10.0. The molecule has 5 heteroatoms. The minimum Gasteiger partial charge on any atom is -0.342 e. The zero-order chi connectivity index (χ0) is 13.3. The lowest BCUT2D eigenvalue weighted by Gasteiger charge is -2.34. The van der Waals surface area contributed by atoms with Crippen LogP contribution in [0.4, 0.5) is 5.69 Å². The highest BCUT2D eigenvalue weighted by Crippen LogP contribution is 2.21. The summed E-state index contributed by atoms with van der Waals surface area (Å²) in [6.07, 6.45) is 0. The van der Waals surface area contributed by atoms with E-state index in [9.17, 15) is 9.59 Å². The van der Waals surface area contributed by atoms with Crippen LogP contribution in [0, 0.1) is 9.49 Å². The van der Waals surface area contributed by atoms with E-state index in [-0.39, 0.29) is 24.3 Å². The topological polar surface area (TPSA) is 49.4 Å². The van der Waals surface area contributed by atoms with Gasteiger partial charge in [-0.2, -0.15) is 0 Å². The van der Waals surface area contributed by atoms with E-state index in [1.807, 2.05) is 38.1 Å². The maximum atomic E-state index is 12.3. The molecule has 0 bridgehead atoms. The minimum absolute atomic E-state index is 0.0356. The van der Waals surface area contributed by atoms with Crippen molar-refractivity contribution in [3.8, 4) is 0 Å². The largest absolute Gasteiger partial charge is 0.342 e. The van der Waals surface area contributed by atoms with Gasteiger partial charge in [-0.15, -0.1) is 0 Å². The molecule has 1 atom stereocenters. The van der Waals surface area contributed by atoms with Crippen LogP contribution in [0.25, 0.3) is 0 Å². The van der Waals surface area contributed by atoms with E-state index in [1.165, 1.54) is 0 Å². The summed E-state index contributed by atoms with van der Waals surface area (Å²) < 4.78 is 1.05. The molecule has 1 N–H and O–H groups in total. The quantitative estimate of drug-likeness (QED) is 0.820. The van der Waals surface area contributed by atoms with E-state index in [0.717, 1.165) is 9.26 Å². The Morgan fingerprint density at radius 2 is 2.11 bits per heavy atom. The first-order chi connectivity index (χ1) is 8.49. The molecule has 0 aliphatic carbocycles. The Balaban J connectivity index is 2.32. The third-order valence-corrected chi connectivity index (χ3v) is 3.61. The molecule has 18 heavy (non-hydrogen) atoms. The molecule has 1 saturated heterocycles. The summed E-state index contributed by atoms with van der Waals surface area (Å²) in [5, 5.41) is 2.75. The van der Waals surface area contributed by atoms with E-state index in [0.29, 0.717) is 0 Å². The van der Waals surface area contributed by atoms with Crippen LogP contribution in [-0.2, 0) is 9.59 Å². The Labute approximate surface area is 120 Å². The molecule has 4 nitrogen and oxygen atoms in total. The van der Waals surface area contributed by atoms with Gasteiger partial charge in [-0.25, -0.2) is 0 Å². The van der Waals surface area contributed by atoms with Crippen LogP contribution in [0.1, 0.15) is 13.8 Å². The van der Waals surface area contributed by atoms with Crippen molar-refractivity contribution in [3.63, 3.8) is 0 Å². The first-order valence-electron chi connectivity index (χ1n) is 5.85. The van der Waals surface area contributed by atoms with Crippen LogP contribution < -0.4 is 10.2 Å². The first kappa shape index (κ1) is 13.3. The molecule has 1 aliphatic heterocycles. The summed E-state index contributed by atoms with van der Waals surface area (Å²) in [6, 6.07) is 7.19. The second kappa shape index (κ2) is 5.26. The number of hydrogen-bond acceptors (Lipinski definition) is 2. The SMILES string of the molecule is CC(C)C1NC(=O)CN(c2cccc(I)c2)C1=O. The molecule has 1 aliphatic rings. The Kier molecular flexibility index (Phi) is 3.89. The summed E-state index contributed by atoms with van der Waals surface area (Å²) in [6.45, 7) is 3.96. The molecule has 1 fully saturated rings. The van der Waals surface area contributed by atoms with E-state index in [4.69, 9.17) is 0 Å². The zero-order valence-electron chi connectivity index (χ0n) is 10.3. The molecule has 0 aromatic heterocycles. The van der Waals surface area contributed by atoms with Crippen molar-refractivity contribution >= 4 is 40.1 Å². The van der Waals surface area contributed by atoms with Crippen molar-refractivity contribution in [2.24, 2.45) is 5.92 Å². The zero-order valence-corrected chi connectivity index (χ0v) is 12.5. The fourth-order valence-electron chi connectivity index (χ4n) is 1.98. The van der Waals surface area contributed by atoms with Gasteiger partial charge in [-0.1, -0.05) is 19.9 Å². The third-order valence-electron chi connectivity index (χ3n) is 2.94. The van der Waals surface area contributed by atoms with Gasteiger partial charge in [0.05, 0.1) is 0 Å². The molecular weight excluding hydrogens is 343 g/mol. The molecule has 0 saturated carbocycles. The molecule has 2 rings (SSSR count). The van der Waals surface area contributed by atoms with Gasteiger partial charge in [0.2, 0.25) is 11.8 Å². The van der Waals surface area contributed by atoms with Crippen LogP contribution in [0.3, 0.4) is 0 Å². The number of carbonyl (C=O) groups is 2. The Hall–Kier alpha value is -1.11. The van der Waals surface area contributed by atoms with Crippen LogP contribution >= 0.6 is 22.6 Å². The number of nitrogens with zero attached hydrogens (tertiary/aromatic N) is 1. The summed E-state index contributed by atoms with van der Waals surface area (Å²) >= 11 is 2.19. The highest BCUT2D eigenvalue weighted by molar-refractivity contribution is 14.1. The lowest BCUT2D eigenvalue weighted by Crippen LogP contribution is -2.60. The molecule has 0 radical (unpaired) electrons. The Morgan fingerprint density at radius 3 is 2.72 bits per heavy atom. The number of benzene rings is 1. The van der Waals surface area contributed by atoms with E-state index in [2.05, 4.69) is 27.9 Å². The van der Waals surface area contributed by atoms with Crippen molar-refractivity contribution in [2.45, 2.75) is 19.9 Å². The molecule has 1 aromatic rings. The summed E-state index contributed by atoms with van der Waals surface area (Å²) in [5.41, 5.74) is 0.785. The van der Waals surface area contributed by atoms with E-state index < -0.39 is 6.04 Å². The Bertz CT molecular complexity index is 488. The summed E-state index contributed by atoms with van der Waals surface area (Å²) in [5.74, 6) is -0.0502. The standard InChI is InChI=1S/C13H15IN2O2/c1-8(2)12-13(18)16(7-11(17)15-12)10-5-3-4-9(14)6-10/h3-6,8,12H,7H2,1-2H3,(H,15,17). The van der Waals surface area contributed by atoms with Crippen molar-refractivity contribution < 1.29 is 9.59 Å². The Morgan fingerprint density at radius 1 is 1.39 bits per heavy atom. The average molecular weight is 358 g/mol. The van der Waals surface area contributed by atoms with Gasteiger partial charge in [0.1, 0.15) is 12.6 Å². The molecule has 0 spiro atoms. The monoisotopic (exact) mass is 358 g/mol. The number of nitrogens with one attached hydrogen (secondary N) is 1. The van der Waals surface area contributed by atoms with Gasteiger partial charge in [0.15, 0.2) is 0 Å². The maximum Gasteiger partial charge on any atom is 0.250 e. The number of hydrogen-bond donors (Lipinski definition) is 1. The summed E-state index contributed by atoms with van der Waals surface area (Å²) in [7, 11) is 0.